The number of hydrogen-bond donors (Lipinski definition) is 0. The van der Waals surface area contributed by atoms with E-state index >= 15 is 0 Å². The lowest BCUT2D eigenvalue weighted by atomic mass is 9.85. The highest BCUT2D eigenvalue weighted by Crippen LogP contribution is 2.43. The summed E-state index contributed by atoms with van der Waals surface area (Å²) in [7, 11) is 1.81. The van der Waals surface area contributed by atoms with E-state index in [4.69, 9.17) is 4.74 Å². The molecule has 0 bridgehead atoms. The SMILES string of the molecule is C.C.C.C.C.C.CC.CC.CC.CC.CC.CC.CC.CCC1(C)CCC(COC)C1.[2HH].[B]. The quantitative estimate of drug-likeness (QED) is 0.368. The van der Waals surface area contributed by atoms with Crippen molar-refractivity contribution in [2.24, 2.45) is 11.3 Å². The van der Waals surface area contributed by atoms with Crippen LogP contribution in [0.5, 0.6) is 0 Å². The number of hydrogen-bond acceptors (Lipinski definition) is 1. The van der Waals surface area contributed by atoms with Crippen molar-refractivity contribution in [2.75, 3.05) is 13.7 Å². The van der Waals surface area contributed by atoms with Crippen LogP contribution >= 0.6 is 0 Å². The summed E-state index contributed by atoms with van der Waals surface area (Å²) in [5.41, 5.74) is 0.628. The lowest BCUT2D eigenvalue weighted by Crippen LogP contribution is -2.11. The molecule has 1 nitrogen and oxygen atoms in total. The summed E-state index contributed by atoms with van der Waals surface area (Å²) in [5.74, 6) is 0.838. The molecule has 1 saturated carbocycles. The van der Waals surface area contributed by atoms with Gasteiger partial charge in [0.1, 0.15) is 0 Å². The Morgan fingerprint density at radius 2 is 0.906 bits per heavy atom. The average Bonchev–Trinajstić information content (AvgIpc) is 3.14. The molecule has 1 fully saturated rings. The van der Waals surface area contributed by atoms with Crippen molar-refractivity contribution in [1.82, 2.24) is 0 Å². The smallest absolute Gasteiger partial charge is 0.0490 e. The zero-order valence-electron chi connectivity index (χ0n) is 22.6. The van der Waals surface area contributed by atoms with Crippen LogP contribution in [0.15, 0.2) is 0 Å². The van der Waals surface area contributed by atoms with Crippen LogP contribution in [-0.4, -0.2) is 22.1 Å². The van der Waals surface area contributed by atoms with Gasteiger partial charge in [0, 0.05) is 23.6 Å². The minimum atomic E-state index is 0. The molecule has 1 aliphatic rings. The van der Waals surface area contributed by atoms with Crippen molar-refractivity contribution in [1.29, 1.82) is 0 Å². The van der Waals surface area contributed by atoms with E-state index in [-0.39, 0.29) is 54.4 Å². The van der Waals surface area contributed by atoms with Crippen LogP contribution in [-0.2, 0) is 4.74 Å². The highest BCUT2D eigenvalue weighted by atomic mass is 16.5. The van der Waals surface area contributed by atoms with Crippen LogP contribution < -0.4 is 0 Å². The van der Waals surface area contributed by atoms with E-state index in [1.165, 1.54) is 25.7 Å². The summed E-state index contributed by atoms with van der Waals surface area (Å²) >= 11 is 0. The molecule has 0 amide bonds. The Labute approximate surface area is 220 Å². The largest absolute Gasteiger partial charge is 0.384 e. The fourth-order valence-electron chi connectivity index (χ4n) is 2.15. The summed E-state index contributed by atoms with van der Waals surface area (Å²) in [6.07, 6.45) is 5.47. The van der Waals surface area contributed by atoms with Crippen molar-refractivity contribution >= 4 is 8.41 Å². The summed E-state index contributed by atoms with van der Waals surface area (Å²) < 4.78 is 5.16. The third-order valence-corrected chi connectivity index (χ3v) is 3.19. The van der Waals surface area contributed by atoms with E-state index in [0.717, 1.165) is 12.5 Å². The van der Waals surface area contributed by atoms with Crippen LogP contribution in [0.4, 0.5) is 0 Å². The molecule has 2 heteroatoms. The summed E-state index contributed by atoms with van der Waals surface area (Å²) in [5, 5.41) is 0. The average molecular weight is 477 g/mol. The molecule has 0 aromatic heterocycles. The Morgan fingerprint density at radius 1 is 0.656 bits per heavy atom. The van der Waals surface area contributed by atoms with Gasteiger partial charge in [-0.1, -0.05) is 162 Å². The second-order valence-corrected chi connectivity index (χ2v) is 4.23. The first kappa shape index (κ1) is 94.9. The lowest BCUT2D eigenvalue weighted by Gasteiger charge is -2.21. The van der Waals surface area contributed by atoms with Crippen molar-refractivity contribution in [2.45, 2.75) is 181 Å². The van der Waals surface area contributed by atoms with Gasteiger partial charge in [0.25, 0.3) is 0 Å². The van der Waals surface area contributed by atoms with Crippen LogP contribution in [0.1, 0.15) is 182 Å². The predicted octanol–water partition coefficient (Wildman–Crippen LogP) is 13.7. The molecule has 1 aliphatic carbocycles. The lowest BCUT2D eigenvalue weighted by molar-refractivity contribution is 0.147. The van der Waals surface area contributed by atoms with Crippen LogP contribution in [0.3, 0.4) is 0 Å². The number of rotatable bonds is 3. The maximum Gasteiger partial charge on any atom is 0.0490 e. The molecule has 2 atom stereocenters. The fourth-order valence-corrected chi connectivity index (χ4v) is 2.15. The topological polar surface area (TPSA) is 9.23 Å². The van der Waals surface area contributed by atoms with E-state index in [2.05, 4.69) is 13.8 Å². The zero-order valence-corrected chi connectivity index (χ0v) is 22.6. The van der Waals surface area contributed by atoms with Crippen molar-refractivity contribution < 1.29 is 6.16 Å². The Bertz CT molecular complexity index is 136. The molecule has 0 spiro atoms. The summed E-state index contributed by atoms with van der Waals surface area (Å²) in [6.45, 7) is 33.7. The Hall–Kier alpha value is 0.0249. The van der Waals surface area contributed by atoms with Gasteiger partial charge in [-0.05, 0) is 30.6 Å². The fraction of sp³-hybridized carbons (Fsp3) is 1.00. The molecular formula is C30H88BO. The molecule has 217 valence electrons. The molecule has 0 saturated heterocycles. The Morgan fingerprint density at radius 3 is 1.06 bits per heavy atom. The predicted molar refractivity (Wildman–Crippen MR) is 175 cm³/mol. The second-order valence-electron chi connectivity index (χ2n) is 4.23. The first-order valence-corrected chi connectivity index (χ1v) is 11.7. The van der Waals surface area contributed by atoms with Crippen molar-refractivity contribution in [3.05, 3.63) is 0 Å². The van der Waals surface area contributed by atoms with Gasteiger partial charge in [0.15, 0.2) is 0 Å². The third-order valence-electron chi connectivity index (χ3n) is 3.19. The van der Waals surface area contributed by atoms with Gasteiger partial charge in [-0.2, -0.15) is 0 Å². The molecule has 0 N–H and O–H groups in total. The van der Waals surface area contributed by atoms with E-state index in [9.17, 15) is 0 Å². The van der Waals surface area contributed by atoms with Gasteiger partial charge >= 0.3 is 0 Å². The van der Waals surface area contributed by atoms with Crippen LogP contribution in [0, 0.1) is 11.3 Å². The van der Waals surface area contributed by atoms with Gasteiger partial charge in [-0.25, -0.2) is 0 Å². The first-order valence-electron chi connectivity index (χ1n) is 11.7. The molecule has 0 aromatic rings. The maximum absolute atomic E-state index is 5.16. The molecule has 0 aliphatic heterocycles. The van der Waals surface area contributed by atoms with Gasteiger partial charge in [0.05, 0.1) is 0 Å². The van der Waals surface area contributed by atoms with E-state index in [1.54, 1.807) is 0 Å². The van der Waals surface area contributed by atoms with Gasteiger partial charge in [0.2, 0.25) is 0 Å². The van der Waals surface area contributed by atoms with Gasteiger partial charge in [-0.15, -0.1) is 0 Å². The van der Waals surface area contributed by atoms with Crippen molar-refractivity contribution in [3.63, 3.8) is 0 Å². The van der Waals surface area contributed by atoms with Crippen molar-refractivity contribution in [3.8, 4) is 0 Å². The Kier molecular flexibility index (Phi) is 367. The normalized spacial score (nSPS) is 14.3. The maximum atomic E-state index is 5.16. The molecule has 0 heterocycles. The molecule has 1 rings (SSSR count). The minimum Gasteiger partial charge on any atom is -0.384 e. The zero-order chi connectivity index (χ0) is 22.3. The number of ether oxygens (including phenoxy) is 1. The van der Waals surface area contributed by atoms with E-state index in [0.29, 0.717) is 5.41 Å². The first-order chi connectivity index (χ1) is 12.2. The highest BCUT2D eigenvalue weighted by Gasteiger charge is 2.32. The minimum absolute atomic E-state index is 0. The highest BCUT2D eigenvalue weighted by molar-refractivity contribution is 5.75. The van der Waals surface area contributed by atoms with Crippen LogP contribution in [0.25, 0.3) is 0 Å². The number of methoxy groups -OCH3 is 1. The molecule has 0 aromatic carbocycles. The summed E-state index contributed by atoms with van der Waals surface area (Å²) in [4.78, 5) is 0. The Balaban J connectivity index is -0.0000000100. The van der Waals surface area contributed by atoms with Gasteiger partial charge < -0.3 is 4.74 Å². The van der Waals surface area contributed by atoms with E-state index < -0.39 is 0 Å². The third kappa shape index (κ3) is 87.3. The summed E-state index contributed by atoms with van der Waals surface area (Å²) in [6, 6.07) is 0. The van der Waals surface area contributed by atoms with Crippen LogP contribution in [0.2, 0.25) is 0 Å². The monoisotopic (exact) mass is 477 g/mol. The molecule has 2 unspecified atom stereocenters. The molecule has 32 heavy (non-hydrogen) atoms. The second kappa shape index (κ2) is 124. The molecular weight excluding hydrogens is 387 g/mol. The van der Waals surface area contributed by atoms with E-state index in [1.807, 2.05) is 104 Å². The van der Waals surface area contributed by atoms with Gasteiger partial charge in [-0.3, -0.25) is 0 Å². The standard InChI is InChI=1S/C10H20O.7C2H6.6CH4.B.H2/c1-4-10(2)6-5-9(7-10)8-11-3;7*1-2;;;;;;;;/h9H,4-8H2,1-3H3;7*1-2H3;6*1H4;;1H/i;;;;;;;;;;;;;;;1+1. The molecule has 3 radical (unpaired) electrons.